The number of carbonyl (C=O) groups excluding carboxylic acids is 2. The second-order valence-electron chi connectivity index (χ2n) is 6.75. The Morgan fingerprint density at radius 3 is 2.54 bits per heavy atom. The molecule has 3 rings (SSSR count). The minimum absolute atomic E-state index is 0.0517. The van der Waals surface area contributed by atoms with E-state index in [1.807, 2.05) is 30.3 Å². The van der Waals surface area contributed by atoms with Gasteiger partial charge in [0.25, 0.3) is 0 Å². The average molecular weight is 455 g/mol. The smallest absolute Gasteiger partial charge is 0.338 e. The number of halogens is 4. The Labute approximate surface area is 169 Å². The topological polar surface area (TPSA) is 40.6 Å². The van der Waals surface area contributed by atoms with Crippen LogP contribution in [0.1, 0.15) is 17.5 Å². The first-order valence-electron chi connectivity index (χ1n) is 8.62. The molecule has 0 aliphatic carbocycles. The van der Waals surface area contributed by atoms with E-state index in [4.69, 9.17) is 0 Å². The fraction of sp³-hybridized carbons (Fsp3) is 0.300. The highest BCUT2D eigenvalue weighted by Gasteiger charge is 2.37. The summed E-state index contributed by atoms with van der Waals surface area (Å²) in [5, 5.41) is 0. The molecular weight excluding hydrogens is 437 g/mol. The SMILES string of the molecule is CN(C(=O)C1CC(=O)N(Cc2ccccc2)C1)c1cc(Br)cc(C(F)(F)F)c1. The molecule has 1 unspecified atom stereocenters. The minimum Gasteiger partial charge on any atom is -0.338 e. The summed E-state index contributed by atoms with van der Waals surface area (Å²) in [6.45, 7) is 0.652. The Hall–Kier alpha value is -2.35. The summed E-state index contributed by atoms with van der Waals surface area (Å²) in [4.78, 5) is 27.9. The predicted octanol–water partition coefficient (Wildman–Crippen LogP) is 4.48. The van der Waals surface area contributed by atoms with Gasteiger partial charge in [-0.05, 0) is 23.8 Å². The van der Waals surface area contributed by atoms with Crippen molar-refractivity contribution in [3.05, 3.63) is 64.1 Å². The van der Waals surface area contributed by atoms with Gasteiger partial charge in [0.15, 0.2) is 0 Å². The van der Waals surface area contributed by atoms with Gasteiger partial charge in [0, 0.05) is 36.7 Å². The summed E-state index contributed by atoms with van der Waals surface area (Å²) in [6.07, 6.45) is -4.46. The van der Waals surface area contributed by atoms with Crippen molar-refractivity contribution in [3.8, 4) is 0 Å². The van der Waals surface area contributed by atoms with Crippen molar-refractivity contribution in [2.24, 2.45) is 5.92 Å². The number of alkyl halides is 3. The molecule has 0 radical (unpaired) electrons. The number of likely N-dealkylation sites (tertiary alicyclic amines) is 1. The number of nitrogens with zero attached hydrogens (tertiary/aromatic N) is 2. The van der Waals surface area contributed by atoms with Gasteiger partial charge in [0.2, 0.25) is 11.8 Å². The van der Waals surface area contributed by atoms with E-state index in [1.54, 1.807) is 4.90 Å². The van der Waals surface area contributed by atoms with Crippen LogP contribution in [0.25, 0.3) is 0 Å². The first-order valence-corrected chi connectivity index (χ1v) is 9.41. The number of hydrogen-bond acceptors (Lipinski definition) is 2. The van der Waals surface area contributed by atoms with Crippen molar-refractivity contribution in [2.75, 3.05) is 18.5 Å². The van der Waals surface area contributed by atoms with Crippen LogP contribution in [0.3, 0.4) is 0 Å². The van der Waals surface area contributed by atoms with Gasteiger partial charge in [-0.25, -0.2) is 0 Å². The number of hydrogen-bond donors (Lipinski definition) is 0. The Kier molecular flexibility index (Phi) is 5.79. The van der Waals surface area contributed by atoms with Gasteiger partial charge in [0.05, 0.1) is 11.5 Å². The lowest BCUT2D eigenvalue weighted by atomic mass is 10.1. The Morgan fingerprint density at radius 2 is 1.89 bits per heavy atom. The molecule has 28 heavy (non-hydrogen) atoms. The van der Waals surface area contributed by atoms with Crippen molar-refractivity contribution < 1.29 is 22.8 Å². The van der Waals surface area contributed by atoms with Crippen molar-refractivity contribution in [2.45, 2.75) is 19.1 Å². The van der Waals surface area contributed by atoms with Crippen LogP contribution in [0.15, 0.2) is 53.0 Å². The lowest BCUT2D eigenvalue weighted by molar-refractivity contribution is -0.137. The van der Waals surface area contributed by atoms with Crippen molar-refractivity contribution in [3.63, 3.8) is 0 Å². The molecule has 148 valence electrons. The quantitative estimate of drug-likeness (QED) is 0.683. The summed E-state index contributed by atoms with van der Waals surface area (Å²) in [5.74, 6) is -1.11. The fourth-order valence-corrected chi connectivity index (χ4v) is 3.71. The molecule has 8 heteroatoms. The van der Waals surface area contributed by atoms with Crippen LogP contribution < -0.4 is 4.90 Å². The van der Waals surface area contributed by atoms with Crippen LogP contribution >= 0.6 is 15.9 Å². The Morgan fingerprint density at radius 1 is 1.21 bits per heavy atom. The van der Waals surface area contributed by atoms with Crippen LogP contribution in [0.2, 0.25) is 0 Å². The molecule has 1 saturated heterocycles. The van der Waals surface area contributed by atoms with E-state index < -0.39 is 17.7 Å². The first kappa shape index (κ1) is 20.4. The van der Waals surface area contributed by atoms with Crippen molar-refractivity contribution >= 4 is 33.4 Å². The zero-order chi connectivity index (χ0) is 20.5. The van der Waals surface area contributed by atoms with E-state index in [9.17, 15) is 22.8 Å². The minimum atomic E-state index is -4.52. The predicted molar refractivity (Wildman–Crippen MR) is 103 cm³/mol. The monoisotopic (exact) mass is 454 g/mol. The zero-order valence-corrected chi connectivity index (χ0v) is 16.6. The van der Waals surface area contributed by atoms with Gasteiger partial charge in [-0.1, -0.05) is 46.3 Å². The van der Waals surface area contributed by atoms with E-state index >= 15 is 0 Å². The highest BCUT2D eigenvalue weighted by atomic mass is 79.9. The van der Waals surface area contributed by atoms with E-state index in [-0.39, 0.29) is 34.9 Å². The number of rotatable bonds is 4. The van der Waals surface area contributed by atoms with Gasteiger partial charge in [-0.15, -0.1) is 0 Å². The number of carbonyl (C=O) groups is 2. The maximum Gasteiger partial charge on any atom is 0.416 e. The van der Waals surface area contributed by atoms with E-state index in [0.717, 1.165) is 17.7 Å². The lowest BCUT2D eigenvalue weighted by Crippen LogP contribution is -2.34. The van der Waals surface area contributed by atoms with Gasteiger partial charge < -0.3 is 9.80 Å². The third kappa shape index (κ3) is 4.55. The summed E-state index contributed by atoms with van der Waals surface area (Å²) in [6, 6.07) is 12.8. The van der Waals surface area contributed by atoms with Crippen LogP contribution in [0.5, 0.6) is 0 Å². The van der Waals surface area contributed by atoms with Gasteiger partial charge in [0.1, 0.15) is 0 Å². The zero-order valence-electron chi connectivity index (χ0n) is 15.0. The maximum atomic E-state index is 13.0. The average Bonchev–Trinajstić information content (AvgIpc) is 3.00. The third-order valence-corrected chi connectivity index (χ3v) is 5.17. The highest BCUT2D eigenvalue weighted by molar-refractivity contribution is 9.10. The molecule has 0 spiro atoms. The molecule has 1 aliphatic rings. The maximum absolute atomic E-state index is 13.0. The summed E-state index contributed by atoms with van der Waals surface area (Å²) < 4.78 is 39.4. The highest BCUT2D eigenvalue weighted by Crippen LogP contribution is 2.35. The summed E-state index contributed by atoms with van der Waals surface area (Å²) in [5.41, 5.74) is 0.240. The molecule has 2 aromatic carbocycles. The largest absolute Gasteiger partial charge is 0.416 e. The summed E-state index contributed by atoms with van der Waals surface area (Å²) in [7, 11) is 1.43. The molecular formula is C20H18BrF3N2O2. The molecule has 0 bridgehead atoms. The molecule has 1 aliphatic heterocycles. The number of anilines is 1. The van der Waals surface area contributed by atoms with E-state index in [1.165, 1.54) is 18.0 Å². The van der Waals surface area contributed by atoms with Gasteiger partial charge in [-0.2, -0.15) is 13.2 Å². The normalized spacial score (nSPS) is 17.1. The lowest BCUT2D eigenvalue weighted by Gasteiger charge is -2.23. The Balaban J connectivity index is 1.74. The Bertz CT molecular complexity index is 887. The van der Waals surface area contributed by atoms with E-state index in [2.05, 4.69) is 15.9 Å². The summed E-state index contributed by atoms with van der Waals surface area (Å²) >= 11 is 3.06. The molecule has 1 atom stereocenters. The third-order valence-electron chi connectivity index (χ3n) is 4.71. The van der Waals surface area contributed by atoms with Crippen molar-refractivity contribution in [1.82, 2.24) is 4.90 Å². The second kappa shape index (κ2) is 7.95. The molecule has 4 nitrogen and oxygen atoms in total. The molecule has 1 fully saturated rings. The first-order chi connectivity index (χ1) is 13.1. The number of amides is 2. The van der Waals surface area contributed by atoms with Crippen LogP contribution in [0, 0.1) is 5.92 Å². The molecule has 2 aromatic rings. The molecule has 0 N–H and O–H groups in total. The second-order valence-corrected chi connectivity index (χ2v) is 7.67. The van der Waals surface area contributed by atoms with Gasteiger partial charge in [-0.3, -0.25) is 9.59 Å². The number of benzene rings is 2. The molecule has 1 heterocycles. The molecule has 0 aromatic heterocycles. The van der Waals surface area contributed by atoms with Crippen LogP contribution in [-0.4, -0.2) is 30.3 Å². The molecule has 0 saturated carbocycles. The van der Waals surface area contributed by atoms with Gasteiger partial charge >= 0.3 is 6.18 Å². The van der Waals surface area contributed by atoms with Crippen LogP contribution in [-0.2, 0) is 22.3 Å². The van der Waals surface area contributed by atoms with Crippen LogP contribution in [0.4, 0.5) is 18.9 Å². The van der Waals surface area contributed by atoms with E-state index in [0.29, 0.717) is 6.54 Å². The standard InChI is InChI=1S/C20H18BrF3N2O2/c1-25(17-9-15(20(22,23)24)8-16(21)10-17)19(28)14-7-18(27)26(12-14)11-13-5-3-2-4-6-13/h2-6,8-10,14H,7,11-12H2,1H3. The van der Waals surface area contributed by atoms with Crippen molar-refractivity contribution in [1.29, 1.82) is 0 Å². The molecule has 2 amide bonds. The fourth-order valence-electron chi connectivity index (χ4n) is 3.23.